The maximum Gasteiger partial charge on any atom is 0.387 e. The van der Waals surface area contributed by atoms with Crippen LogP contribution in [0.3, 0.4) is 0 Å². The minimum Gasteiger partial charge on any atom is -0.433 e. The van der Waals surface area contributed by atoms with Crippen LogP contribution in [0.25, 0.3) is 10.2 Å². The molecule has 0 radical (unpaired) electrons. The standard InChI is InChI=1S/C20H19F2N3O3S2/c1-4-9-25-18(27)16-11(2)12(3)30-17(16)24-20(25)29-10-15(26)23-13-7-5-6-8-14(13)28-19(21)22/h4-8,19H,1,9-10H2,2-3H3,(H,23,26). The third kappa shape index (κ3) is 4.71. The lowest BCUT2D eigenvalue weighted by Gasteiger charge is -2.12. The van der Waals surface area contributed by atoms with Gasteiger partial charge >= 0.3 is 6.61 Å². The highest BCUT2D eigenvalue weighted by molar-refractivity contribution is 7.99. The van der Waals surface area contributed by atoms with E-state index in [-0.39, 0.29) is 29.3 Å². The van der Waals surface area contributed by atoms with E-state index in [0.29, 0.717) is 15.4 Å². The number of hydrogen-bond acceptors (Lipinski definition) is 6. The van der Waals surface area contributed by atoms with Gasteiger partial charge in [0.05, 0.1) is 16.8 Å². The second-order valence-electron chi connectivity index (χ2n) is 6.27. The van der Waals surface area contributed by atoms with Crippen LogP contribution < -0.4 is 15.6 Å². The van der Waals surface area contributed by atoms with E-state index in [1.807, 2.05) is 13.8 Å². The van der Waals surface area contributed by atoms with Crippen LogP contribution in [0.5, 0.6) is 5.75 Å². The Hall–Kier alpha value is -2.72. The number of hydrogen-bond donors (Lipinski definition) is 1. The molecule has 3 aromatic rings. The number of carbonyl (C=O) groups excluding carboxylic acids is 1. The number of aryl methyl sites for hydroxylation is 2. The van der Waals surface area contributed by atoms with Crippen LogP contribution in [0.2, 0.25) is 0 Å². The Bertz CT molecular complexity index is 1160. The van der Waals surface area contributed by atoms with E-state index >= 15 is 0 Å². The van der Waals surface area contributed by atoms with Crippen molar-refractivity contribution in [3.05, 3.63) is 57.7 Å². The molecule has 0 fully saturated rings. The number of rotatable bonds is 8. The molecular formula is C20H19F2N3O3S2. The number of fused-ring (bicyclic) bond motifs is 1. The highest BCUT2D eigenvalue weighted by Crippen LogP contribution is 2.29. The minimum atomic E-state index is -3.00. The highest BCUT2D eigenvalue weighted by atomic mass is 32.2. The van der Waals surface area contributed by atoms with Crippen molar-refractivity contribution in [2.24, 2.45) is 0 Å². The second kappa shape index (κ2) is 9.40. The summed E-state index contributed by atoms with van der Waals surface area (Å²) in [6, 6.07) is 5.93. The van der Waals surface area contributed by atoms with Gasteiger partial charge in [-0.1, -0.05) is 30.0 Å². The van der Waals surface area contributed by atoms with Gasteiger partial charge in [0.1, 0.15) is 10.6 Å². The molecule has 1 amide bonds. The number of amides is 1. The van der Waals surface area contributed by atoms with Crippen LogP contribution in [-0.4, -0.2) is 27.8 Å². The fourth-order valence-electron chi connectivity index (χ4n) is 2.79. The first kappa shape index (κ1) is 22.0. The summed E-state index contributed by atoms with van der Waals surface area (Å²) in [5, 5.41) is 3.52. The van der Waals surface area contributed by atoms with Crippen molar-refractivity contribution < 1.29 is 18.3 Å². The summed E-state index contributed by atoms with van der Waals surface area (Å²) in [7, 11) is 0. The molecule has 0 aliphatic carbocycles. The average Bonchev–Trinajstić information content (AvgIpc) is 2.98. The number of allylic oxidation sites excluding steroid dienone is 1. The molecule has 0 bridgehead atoms. The minimum absolute atomic E-state index is 0.0680. The summed E-state index contributed by atoms with van der Waals surface area (Å²) in [5.74, 6) is -0.636. The molecule has 0 saturated carbocycles. The Morgan fingerprint density at radius 3 is 2.83 bits per heavy atom. The van der Waals surface area contributed by atoms with Gasteiger partial charge in [0.25, 0.3) is 5.56 Å². The second-order valence-corrected chi connectivity index (χ2v) is 8.42. The first-order valence-electron chi connectivity index (χ1n) is 8.89. The van der Waals surface area contributed by atoms with Gasteiger partial charge in [-0.25, -0.2) is 4.98 Å². The Labute approximate surface area is 179 Å². The molecule has 2 heterocycles. The van der Waals surface area contributed by atoms with Gasteiger partial charge in [0.2, 0.25) is 5.91 Å². The number of anilines is 1. The van der Waals surface area contributed by atoms with Crippen LogP contribution in [-0.2, 0) is 11.3 Å². The monoisotopic (exact) mass is 451 g/mol. The topological polar surface area (TPSA) is 73.2 Å². The summed E-state index contributed by atoms with van der Waals surface area (Å²) in [6.07, 6.45) is 1.59. The molecule has 2 aromatic heterocycles. The fraction of sp³-hybridized carbons (Fsp3) is 0.250. The molecule has 0 spiro atoms. The maximum absolute atomic E-state index is 12.9. The van der Waals surface area contributed by atoms with Gasteiger partial charge < -0.3 is 10.1 Å². The normalized spacial score (nSPS) is 11.1. The van der Waals surface area contributed by atoms with E-state index in [4.69, 9.17) is 0 Å². The summed E-state index contributed by atoms with van der Waals surface area (Å²) < 4.78 is 31.0. The highest BCUT2D eigenvalue weighted by Gasteiger charge is 2.18. The predicted octanol–water partition coefficient (Wildman–Crippen LogP) is 4.59. The largest absolute Gasteiger partial charge is 0.433 e. The van der Waals surface area contributed by atoms with Crippen molar-refractivity contribution in [1.82, 2.24) is 9.55 Å². The lowest BCUT2D eigenvalue weighted by Crippen LogP contribution is -2.23. The molecule has 1 aromatic carbocycles. The van der Waals surface area contributed by atoms with Gasteiger partial charge in [-0.2, -0.15) is 8.78 Å². The zero-order chi connectivity index (χ0) is 21.8. The van der Waals surface area contributed by atoms with Gasteiger partial charge in [-0.05, 0) is 31.5 Å². The van der Waals surface area contributed by atoms with Crippen molar-refractivity contribution in [2.45, 2.75) is 32.2 Å². The number of nitrogens with zero attached hydrogens (tertiary/aromatic N) is 2. The van der Waals surface area contributed by atoms with Crippen LogP contribution in [0.15, 0.2) is 46.9 Å². The van der Waals surface area contributed by atoms with Crippen LogP contribution in [0, 0.1) is 13.8 Å². The Morgan fingerprint density at radius 2 is 2.13 bits per heavy atom. The molecule has 3 rings (SSSR count). The number of para-hydroxylation sites is 2. The number of thioether (sulfide) groups is 1. The van der Waals surface area contributed by atoms with Gasteiger partial charge in [-0.15, -0.1) is 17.9 Å². The van der Waals surface area contributed by atoms with E-state index in [1.165, 1.54) is 34.1 Å². The van der Waals surface area contributed by atoms with Crippen molar-refractivity contribution in [3.63, 3.8) is 0 Å². The zero-order valence-electron chi connectivity index (χ0n) is 16.3. The SMILES string of the molecule is C=CCn1c(SCC(=O)Nc2ccccc2OC(F)F)nc2sc(C)c(C)c2c1=O. The van der Waals surface area contributed by atoms with Crippen molar-refractivity contribution in [1.29, 1.82) is 0 Å². The van der Waals surface area contributed by atoms with E-state index in [0.717, 1.165) is 22.2 Å². The first-order chi connectivity index (χ1) is 14.3. The van der Waals surface area contributed by atoms with Gasteiger partial charge in [-0.3, -0.25) is 14.2 Å². The number of nitrogens with one attached hydrogen (secondary N) is 1. The summed E-state index contributed by atoms with van der Waals surface area (Å²) in [6.45, 7) is 4.75. The summed E-state index contributed by atoms with van der Waals surface area (Å²) in [5.41, 5.74) is 0.857. The van der Waals surface area contributed by atoms with E-state index < -0.39 is 12.5 Å². The molecule has 0 atom stereocenters. The molecule has 0 saturated heterocycles. The third-order valence-corrected chi connectivity index (χ3v) is 6.35. The van der Waals surface area contributed by atoms with E-state index in [2.05, 4.69) is 21.6 Å². The Morgan fingerprint density at radius 1 is 1.40 bits per heavy atom. The van der Waals surface area contributed by atoms with Crippen LogP contribution in [0.1, 0.15) is 10.4 Å². The molecule has 0 aliphatic rings. The van der Waals surface area contributed by atoms with Crippen molar-refractivity contribution in [3.8, 4) is 5.75 Å². The number of halogens is 2. The Kier molecular flexibility index (Phi) is 6.88. The van der Waals surface area contributed by atoms with E-state index in [1.54, 1.807) is 12.1 Å². The molecule has 10 heteroatoms. The number of benzene rings is 1. The molecule has 0 unspecified atom stereocenters. The number of aromatic nitrogens is 2. The average molecular weight is 452 g/mol. The fourth-order valence-corrected chi connectivity index (χ4v) is 4.67. The number of alkyl halides is 2. The molecule has 30 heavy (non-hydrogen) atoms. The Balaban J connectivity index is 1.82. The lowest BCUT2D eigenvalue weighted by molar-refractivity contribution is -0.113. The molecule has 1 N–H and O–H groups in total. The predicted molar refractivity (Wildman–Crippen MR) is 116 cm³/mol. The first-order valence-corrected chi connectivity index (χ1v) is 10.7. The van der Waals surface area contributed by atoms with Gasteiger partial charge in [0, 0.05) is 11.4 Å². The lowest BCUT2D eigenvalue weighted by atomic mass is 10.2. The van der Waals surface area contributed by atoms with E-state index in [9.17, 15) is 18.4 Å². The molecule has 0 aliphatic heterocycles. The zero-order valence-corrected chi connectivity index (χ0v) is 17.9. The summed E-state index contributed by atoms with van der Waals surface area (Å²) in [4.78, 5) is 31.5. The third-order valence-electron chi connectivity index (χ3n) is 4.28. The van der Waals surface area contributed by atoms with Crippen molar-refractivity contribution >= 4 is 44.9 Å². The molecular weight excluding hydrogens is 432 g/mol. The quantitative estimate of drug-likeness (QED) is 0.308. The van der Waals surface area contributed by atoms with Crippen LogP contribution in [0.4, 0.5) is 14.5 Å². The smallest absolute Gasteiger partial charge is 0.387 e. The number of thiophene rings is 1. The summed E-state index contributed by atoms with van der Waals surface area (Å²) >= 11 is 2.51. The van der Waals surface area contributed by atoms with Crippen LogP contribution >= 0.6 is 23.1 Å². The van der Waals surface area contributed by atoms with Crippen molar-refractivity contribution in [2.75, 3.05) is 11.1 Å². The maximum atomic E-state index is 12.9. The number of ether oxygens (including phenoxy) is 1. The number of carbonyl (C=O) groups is 1. The molecule has 158 valence electrons. The molecule has 6 nitrogen and oxygen atoms in total. The van der Waals surface area contributed by atoms with Gasteiger partial charge in [0.15, 0.2) is 5.16 Å².